The van der Waals surface area contributed by atoms with Gasteiger partial charge in [0.2, 0.25) is 5.91 Å². The van der Waals surface area contributed by atoms with Gasteiger partial charge in [-0.25, -0.2) is 9.97 Å². The van der Waals surface area contributed by atoms with Crippen molar-refractivity contribution in [1.82, 2.24) is 19.9 Å². The molecule has 0 radical (unpaired) electrons. The summed E-state index contributed by atoms with van der Waals surface area (Å²) in [7, 11) is 0. The van der Waals surface area contributed by atoms with Gasteiger partial charge in [-0.2, -0.15) is 0 Å². The molecular weight excluding hydrogens is 376 g/mol. The van der Waals surface area contributed by atoms with Crippen molar-refractivity contribution in [2.24, 2.45) is 5.73 Å². The van der Waals surface area contributed by atoms with E-state index in [-0.39, 0.29) is 0 Å². The maximum Gasteiger partial charge on any atom is 0.241 e. The average molecular weight is 398 g/mol. The third-order valence-corrected chi connectivity index (χ3v) is 5.07. The van der Waals surface area contributed by atoms with Crippen LogP contribution in [0.5, 0.6) is 0 Å². The second kappa shape index (κ2) is 7.76. The molecule has 29 heavy (non-hydrogen) atoms. The number of pyridine rings is 1. The van der Waals surface area contributed by atoms with Gasteiger partial charge in [0.1, 0.15) is 29.8 Å². The number of amides is 1. The average Bonchev–Trinajstić information content (AvgIpc) is 3.30. The molecule has 1 aliphatic rings. The van der Waals surface area contributed by atoms with Crippen molar-refractivity contribution in [3.05, 3.63) is 54.5 Å². The molecule has 4 rings (SSSR count). The van der Waals surface area contributed by atoms with Crippen LogP contribution in [0, 0.1) is 0 Å². The van der Waals surface area contributed by atoms with Crippen molar-refractivity contribution in [3.63, 3.8) is 0 Å². The van der Waals surface area contributed by atoms with Gasteiger partial charge < -0.3 is 31.7 Å². The molecule has 0 aliphatic carbocycles. The molecule has 0 saturated carbocycles. The van der Waals surface area contributed by atoms with Crippen molar-refractivity contribution < 1.29 is 19.7 Å². The number of hydrogen-bond acceptors (Lipinski definition) is 8. The van der Waals surface area contributed by atoms with Gasteiger partial charge in [0.05, 0.1) is 18.6 Å². The predicted molar refractivity (Wildman–Crippen MR) is 104 cm³/mol. The van der Waals surface area contributed by atoms with E-state index in [1.807, 2.05) is 6.07 Å². The number of aromatic nitrogens is 3. The van der Waals surface area contributed by atoms with E-state index in [4.69, 9.17) is 16.2 Å². The monoisotopic (exact) mass is 398 g/mol. The number of anilines is 1. The lowest BCUT2D eigenvalue weighted by molar-refractivity contribution is -0.124. The number of nitrogens with one attached hydrogen (secondary N) is 1. The van der Waals surface area contributed by atoms with Crippen LogP contribution in [0.1, 0.15) is 17.8 Å². The lowest BCUT2D eigenvalue weighted by atomic mass is 10.0. The van der Waals surface area contributed by atoms with E-state index in [0.717, 1.165) is 0 Å². The van der Waals surface area contributed by atoms with E-state index in [2.05, 4.69) is 15.3 Å². The molecule has 1 aromatic carbocycles. The standard InChI is InChI=1S/C19H22N6O4/c20-11-6-7-22-17-14(11)23-9-25(17)19-15(16(27)12(8-26)29-19)24-18(28)13(21)10-4-2-1-3-5-10/h1-7,9,12-13,15-16,19,26-27H,8,21H2,(H2,20,22)(H,24,28)/t12-,13?,15+,16?,19-/m1/s1. The van der Waals surface area contributed by atoms with Gasteiger partial charge in [0.15, 0.2) is 11.9 Å². The fourth-order valence-electron chi connectivity index (χ4n) is 3.50. The Morgan fingerprint density at radius 1 is 1.28 bits per heavy atom. The van der Waals surface area contributed by atoms with Crippen molar-refractivity contribution in [3.8, 4) is 0 Å². The van der Waals surface area contributed by atoms with Crippen LogP contribution in [0.25, 0.3) is 11.2 Å². The zero-order chi connectivity index (χ0) is 20.5. The Labute approximate surface area is 166 Å². The molecule has 1 aliphatic heterocycles. The third kappa shape index (κ3) is 3.42. The molecule has 1 fully saturated rings. The van der Waals surface area contributed by atoms with Gasteiger partial charge in [-0.3, -0.25) is 9.36 Å². The lowest BCUT2D eigenvalue weighted by Crippen LogP contribution is -2.49. The second-order valence-corrected chi connectivity index (χ2v) is 6.89. The van der Waals surface area contributed by atoms with Gasteiger partial charge in [0.25, 0.3) is 0 Å². The summed E-state index contributed by atoms with van der Waals surface area (Å²) in [6.07, 6.45) is 0.103. The van der Waals surface area contributed by atoms with Crippen molar-refractivity contribution in [2.45, 2.75) is 30.5 Å². The summed E-state index contributed by atoms with van der Waals surface area (Å²) in [6.45, 7) is -0.420. The number of carbonyl (C=O) groups excluding carboxylic acids is 1. The van der Waals surface area contributed by atoms with Crippen LogP contribution in [0.15, 0.2) is 48.9 Å². The van der Waals surface area contributed by atoms with Crippen molar-refractivity contribution >= 4 is 22.8 Å². The Hall–Kier alpha value is -3.05. The third-order valence-electron chi connectivity index (χ3n) is 5.07. The molecule has 10 heteroatoms. The maximum atomic E-state index is 12.7. The first kappa shape index (κ1) is 19.3. The molecule has 3 aromatic rings. The number of fused-ring (bicyclic) bond motifs is 1. The Morgan fingerprint density at radius 3 is 2.76 bits per heavy atom. The minimum Gasteiger partial charge on any atom is -0.397 e. The Kier molecular flexibility index (Phi) is 5.16. The van der Waals surface area contributed by atoms with Gasteiger partial charge in [0, 0.05) is 6.20 Å². The highest BCUT2D eigenvalue weighted by molar-refractivity contribution is 5.84. The molecule has 3 heterocycles. The number of benzene rings is 1. The summed E-state index contributed by atoms with van der Waals surface area (Å²) < 4.78 is 7.37. The summed E-state index contributed by atoms with van der Waals surface area (Å²) in [6, 6.07) is 8.71. The number of nitrogen functional groups attached to an aromatic ring is 1. The minimum atomic E-state index is -1.16. The highest BCUT2D eigenvalue weighted by atomic mass is 16.5. The number of nitrogens with two attached hydrogens (primary N) is 2. The van der Waals surface area contributed by atoms with Gasteiger partial charge in [-0.1, -0.05) is 30.3 Å². The summed E-state index contributed by atoms with van der Waals surface area (Å²) in [5, 5.41) is 22.9. The first-order valence-electron chi connectivity index (χ1n) is 9.13. The number of imidazole rings is 1. The largest absolute Gasteiger partial charge is 0.397 e. The lowest BCUT2D eigenvalue weighted by Gasteiger charge is -2.24. The van der Waals surface area contributed by atoms with Gasteiger partial charge in [-0.05, 0) is 11.6 Å². The molecule has 1 amide bonds. The molecule has 2 aromatic heterocycles. The number of nitrogens with zero attached hydrogens (tertiary/aromatic N) is 3. The van der Waals surface area contributed by atoms with E-state index in [1.165, 1.54) is 12.5 Å². The number of ether oxygens (including phenoxy) is 1. The normalized spacial score (nSPS) is 25.2. The van der Waals surface area contributed by atoms with Crippen LogP contribution in [-0.2, 0) is 9.53 Å². The molecule has 2 unspecified atom stereocenters. The van der Waals surface area contributed by atoms with Crippen LogP contribution in [0.3, 0.4) is 0 Å². The predicted octanol–water partition coefficient (Wildman–Crippen LogP) is -0.551. The summed E-state index contributed by atoms with van der Waals surface area (Å²) >= 11 is 0. The topological polar surface area (TPSA) is 162 Å². The SMILES string of the molecule is Nc1ccnc2c1ncn2[C@@H]1O[C@H](CO)C(O)[C@@H]1NC(=O)C(N)c1ccccc1. The molecule has 5 atom stereocenters. The number of aliphatic hydroxyl groups excluding tert-OH is 2. The minimum absolute atomic E-state index is 0.420. The van der Waals surface area contributed by atoms with Crippen LogP contribution < -0.4 is 16.8 Å². The molecule has 0 spiro atoms. The van der Waals surface area contributed by atoms with Gasteiger partial charge in [-0.15, -0.1) is 0 Å². The summed E-state index contributed by atoms with van der Waals surface area (Å²) in [4.78, 5) is 21.3. The van der Waals surface area contributed by atoms with Crippen LogP contribution >= 0.6 is 0 Å². The fourth-order valence-corrected chi connectivity index (χ4v) is 3.50. The quantitative estimate of drug-likeness (QED) is 0.382. The number of carbonyl (C=O) groups is 1. The Morgan fingerprint density at radius 2 is 2.03 bits per heavy atom. The zero-order valence-electron chi connectivity index (χ0n) is 15.4. The van der Waals surface area contributed by atoms with Crippen molar-refractivity contribution in [1.29, 1.82) is 0 Å². The zero-order valence-corrected chi connectivity index (χ0v) is 15.4. The molecule has 152 valence electrons. The van der Waals surface area contributed by atoms with E-state index in [1.54, 1.807) is 34.9 Å². The molecule has 0 bridgehead atoms. The number of aliphatic hydroxyl groups is 2. The number of rotatable bonds is 5. The second-order valence-electron chi connectivity index (χ2n) is 6.89. The van der Waals surface area contributed by atoms with Crippen LogP contribution in [-0.4, -0.2) is 55.5 Å². The first-order chi connectivity index (χ1) is 14.0. The first-order valence-corrected chi connectivity index (χ1v) is 9.13. The molecule has 10 nitrogen and oxygen atoms in total. The highest BCUT2D eigenvalue weighted by Crippen LogP contribution is 2.32. The van der Waals surface area contributed by atoms with E-state index >= 15 is 0 Å². The summed E-state index contributed by atoms with van der Waals surface area (Å²) in [5.74, 6) is -0.482. The Bertz CT molecular complexity index is 1010. The van der Waals surface area contributed by atoms with Gasteiger partial charge >= 0.3 is 0 Å². The van der Waals surface area contributed by atoms with E-state index in [0.29, 0.717) is 22.4 Å². The van der Waals surface area contributed by atoms with E-state index < -0.39 is 43.0 Å². The highest BCUT2D eigenvalue weighted by Gasteiger charge is 2.46. The molecular formula is C19H22N6O4. The number of hydrogen-bond donors (Lipinski definition) is 5. The van der Waals surface area contributed by atoms with E-state index in [9.17, 15) is 15.0 Å². The van der Waals surface area contributed by atoms with Crippen molar-refractivity contribution in [2.75, 3.05) is 12.3 Å². The maximum absolute atomic E-state index is 12.7. The molecule has 7 N–H and O–H groups in total. The van der Waals surface area contributed by atoms with Crippen LogP contribution in [0.2, 0.25) is 0 Å². The fraction of sp³-hybridized carbons (Fsp3) is 0.316. The smallest absolute Gasteiger partial charge is 0.241 e. The Balaban J connectivity index is 1.64. The molecule has 1 saturated heterocycles. The van der Waals surface area contributed by atoms with Crippen LogP contribution in [0.4, 0.5) is 5.69 Å². The summed E-state index contributed by atoms with van der Waals surface area (Å²) in [5.41, 5.74) is 14.0.